The summed E-state index contributed by atoms with van der Waals surface area (Å²) in [7, 11) is -3.44. The maximum Gasteiger partial charge on any atom is 0.247 e. The minimum atomic E-state index is -3.44. The van der Waals surface area contributed by atoms with Gasteiger partial charge in [0.15, 0.2) is 5.82 Å². The van der Waals surface area contributed by atoms with Gasteiger partial charge in [0.2, 0.25) is 15.0 Å². The van der Waals surface area contributed by atoms with E-state index in [1.54, 1.807) is 0 Å². The van der Waals surface area contributed by atoms with Crippen LogP contribution in [0.2, 0.25) is 0 Å². The number of hydrogen-bond donors (Lipinski definition) is 1. The first-order valence-corrected chi connectivity index (χ1v) is 5.81. The van der Waals surface area contributed by atoms with Gasteiger partial charge in [0, 0.05) is 6.26 Å². The smallest absolute Gasteiger partial charge is 0.247 e. The number of anilines is 1. The molecule has 0 aliphatic rings. The van der Waals surface area contributed by atoms with Crippen molar-refractivity contribution in [2.75, 3.05) is 12.0 Å². The molecule has 0 aliphatic carbocycles. The van der Waals surface area contributed by atoms with Gasteiger partial charge in [0.1, 0.15) is 17.4 Å². The van der Waals surface area contributed by atoms with Gasteiger partial charge in [0.25, 0.3) is 0 Å². The number of aromatic nitrogens is 4. The van der Waals surface area contributed by atoms with Crippen LogP contribution in [-0.2, 0) is 9.84 Å². The molecule has 0 atom stereocenters. The van der Waals surface area contributed by atoms with Crippen molar-refractivity contribution in [1.82, 2.24) is 19.9 Å². The fourth-order valence-electron chi connectivity index (χ4n) is 1.04. The average Bonchev–Trinajstić information content (AvgIpc) is 2.16. The molecule has 0 radical (unpaired) electrons. The van der Waals surface area contributed by atoms with Gasteiger partial charge in [-0.15, -0.1) is 0 Å². The van der Waals surface area contributed by atoms with Gasteiger partial charge in [-0.1, -0.05) is 0 Å². The van der Waals surface area contributed by atoms with Crippen LogP contribution in [-0.4, -0.2) is 34.6 Å². The fourth-order valence-corrected chi connectivity index (χ4v) is 1.54. The normalized spacial score (nSPS) is 11.8. The minimum absolute atomic E-state index is 0.132. The Labute approximate surface area is 85.3 Å². The molecule has 0 spiro atoms. The molecule has 78 valence electrons. The van der Waals surface area contributed by atoms with Gasteiger partial charge in [-0.2, -0.15) is 0 Å². The van der Waals surface area contributed by atoms with E-state index < -0.39 is 9.84 Å². The zero-order valence-corrected chi connectivity index (χ0v) is 8.56. The third-order valence-corrected chi connectivity index (χ3v) is 2.58. The van der Waals surface area contributed by atoms with Crippen LogP contribution < -0.4 is 5.73 Å². The number of hydrogen-bond acceptors (Lipinski definition) is 7. The van der Waals surface area contributed by atoms with Gasteiger partial charge in [-0.05, 0) is 0 Å². The summed E-state index contributed by atoms with van der Waals surface area (Å²) >= 11 is 0. The van der Waals surface area contributed by atoms with Gasteiger partial charge >= 0.3 is 0 Å². The van der Waals surface area contributed by atoms with Gasteiger partial charge in [-0.3, -0.25) is 0 Å². The second-order valence-corrected chi connectivity index (χ2v) is 4.83. The Bertz CT molecular complexity index is 624. The van der Waals surface area contributed by atoms with Crippen LogP contribution in [0.25, 0.3) is 11.0 Å². The lowest BCUT2D eigenvalue weighted by Gasteiger charge is -2.00. The topological polar surface area (TPSA) is 112 Å². The highest BCUT2D eigenvalue weighted by molar-refractivity contribution is 7.90. The summed E-state index contributed by atoms with van der Waals surface area (Å²) in [5, 5.41) is -0.281. The lowest BCUT2D eigenvalue weighted by Crippen LogP contribution is -2.05. The number of fused-ring (bicyclic) bond motifs is 1. The predicted molar refractivity (Wildman–Crippen MR) is 52.7 cm³/mol. The molecule has 0 aliphatic heterocycles. The summed E-state index contributed by atoms with van der Waals surface area (Å²) < 4.78 is 22.4. The van der Waals surface area contributed by atoms with Crippen molar-refractivity contribution < 1.29 is 8.42 Å². The molecular weight excluding hydrogens is 218 g/mol. The molecule has 0 amide bonds. The van der Waals surface area contributed by atoms with Crippen molar-refractivity contribution in [2.45, 2.75) is 5.16 Å². The van der Waals surface area contributed by atoms with Crippen molar-refractivity contribution >= 4 is 26.7 Å². The average molecular weight is 225 g/mol. The molecule has 2 aromatic rings. The molecule has 2 N–H and O–H groups in total. The third kappa shape index (κ3) is 1.71. The largest absolute Gasteiger partial charge is 0.382 e. The van der Waals surface area contributed by atoms with E-state index in [-0.39, 0.29) is 16.5 Å². The summed E-state index contributed by atoms with van der Waals surface area (Å²) in [6, 6.07) is 0. The molecule has 2 aromatic heterocycles. The van der Waals surface area contributed by atoms with E-state index in [4.69, 9.17) is 5.73 Å². The summed E-state index contributed by atoms with van der Waals surface area (Å²) in [6.07, 6.45) is 3.59. The quantitative estimate of drug-likeness (QED) is 0.645. The second-order valence-electron chi connectivity index (χ2n) is 2.92. The van der Waals surface area contributed by atoms with Crippen molar-refractivity contribution in [1.29, 1.82) is 0 Å². The molecule has 0 saturated heterocycles. The van der Waals surface area contributed by atoms with Crippen LogP contribution in [0.3, 0.4) is 0 Å². The number of nitrogen functional groups attached to an aromatic ring is 1. The highest BCUT2D eigenvalue weighted by atomic mass is 32.2. The highest BCUT2D eigenvalue weighted by Crippen LogP contribution is 2.14. The monoisotopic (exact) mass is 225 g/mol. The summed E-state index contributed by atoms with van der Waals surface area (Å²) in [6.45, 7) is 0. The first-order chi connectivity index (χ1) is 6.98. The molecule has 2 rings (SSSR count). The molecule has 0 aromatic carbocycles. The maximum atomic E-state index is 11.2. The number of sulfone groups is 1. The van der Waals surface area contributed by atoms with Crippen molar-refractivity contribution in [3.63, 3.8) is 0 Å². The zero-order chi connectivity index (χ0) is 11.1. The second kappa shape index (κ2) is 3.09. The van der Waals surface area contributed by atoms with E-state index in [0.717, 1.165) is 6.26 Å². The van der Waals surface area contributed by atoms with E-state index in [1.807, 2.05) is 0 Å². The number of nitrogens with two attached hydrogens (primary N) is 1. The van der Waals surface area contributed by atoms with Crippen LogP contribution in [0.5, 0.6) is 0 Å². The van der Waals surface area contributed by atoms with Crippen molar-refractivity contribution in [3.05, 3.63) is 12.5 Å². The first kappa shape index (κ1) is 9.71. The molecule has 0 bridgehead atoms. The van der Waals surface area contributed by atoms with E-state index in [1.165, 1.54) is 12.5 Å². The molecule has 0 fully saturated rings. The van der Waals surface area contributed by atoms with Crippen LogP contribution in [0, 0.1) is 0 Å². The summed E-state index contributed by atoms with van der Waals surface area (Å²) in [4.78, 5) is 15.0. The Balaban J connectivity index is 2.81. The molecular formula is C7H7N5O2S. The Morgan fingerprint density at radius 1 is 1.27 bits per heavy atom. The van der Waals surface area contributed by atoms with Crippen molar-refractivity contribution in [2.24, 2.45) is 0 Å². The van der Waals surface area contributed by atoms with Crippen molar-refractivity contribution in [3.8, 4) is 0 Å². The van der Waals surface area contributed by atoms with Gasteiger partial charge in [0.05, 0.1) is 6.20 Å². The maximum absolute atomic E-state index is 11.2. The van der Waals surface area contributed by atoms with Crippen LogP contribution in [0.4, 0.5) is 5.82 Å². The van der Waals surface area contributed by atoms with E-state index >= 15 is 0 Å². The van der Waals surface area contributed by atoms with E-state index in [9.17, 15) is 8.42 Å². The Morgan fingerprint density at radius 3 is 2.67 bits per heavy atom. The lowest BCUT2D eigenvalue weighted by molar-refractivity contribution is 0.593. The minimum Gasteiger partial charge on any atom is -0.382 e. The third-order valence-electron chi connectivity index (χ3n) is 1.72. The lowest BCUT2D eigenvalue weighted by atomic mass is 10.4. The zero-order valence-electron chi connectivity index (χ0n) is 7.75. The Morgan fingerprint density at radius 2 is 2.00 bits per heavy atom. The summed E-state index contributed by atoms with van der Waals surface area (Å²) in [5.41, 5.74) is 6.19. The van der Waals surface area contributed by atoms with Crippen LogP contribution >= 0.6 is 0 Å². The fraction of sp³-hybridized carbons (Fsp3) is 0.143. The Hall–Kier alpha value is -1.83. The SMILES string of the molecule is CS(=O)(=O)c1ncc2ncnc(N)c2n1. The number of nitrogens with zero attached hydrogens (tertiary/aromatic N) is 4. The van der Waals surface area contributed by atoms with E-state index in [2.05, 4.69) is 19.9 Å². The van der Waals surface area contributed by atoms with Crippen LogP contribution in [0.15, 0.2) is 17.7 Å². The Kier molecular flexibility index (Phi) is 2.00. The standard InChI is InChI=1S/C7H7N5O2S/c1-15(13,14)7-9-2-4-5(12-7)6(8)11-3-10-4/h2-3H,1H3,(H2,8,10,11). The molecule has 8 heteroatoms. The molecule has 0 unspecified atom stereocenters. The molecule has 0 saturated carbocycles. The highest BCUT2D eigenvalue weighted by Gasteiger charge is 2.13. The molecule has 2 heterocycles. The number of rotatable bonds is 1. The molecule has 15 heavy (non-hydrogen) atoms. The van der Waals surface area contributed by atoms with Gasteiger partial charge in [-0.25, -0.2) is 28.4 Å². The first-order valence-electron chi connectivity index (χ1n) is 3.92. The predicted octanol–water partition coefficient (Wildman–Crippen LogP) is -0.595. The van der Waals surface area contributed by atoms with Gasteiger partial charge < -0.3 is 5.73 Å². The molecule has 7 nitrogen and oxygen atoms in total. The van der Waals surface area contributed by atoms with Crippen LogP contribution in [0.1, 0.15) is 0 Å². The van der Waals surface area contributed by atoms with E-state index in [0.29, 0.717) is 5.52 Å². The summed E-state index contributed by atoms with van der Waals surface area (Å²) in [5.74, 6) is 0.132.